The van der Waals surface area contributed by atoms with E-state index in [0.717, 1.165) is 12.1 Å². The number of anilines is 2. The third-order valence-corrected chi connectivity index (χ3v) is 3.56. The van der Waals surface area contributed by atoms with Gasteiger partial charge in [0.1, 0.15) is 5.76 Å². The molecule has 0 radical (unpaired) electrons. The molecule has 6 nitrogen and oxygen atoms in total. The summed E-state index contributed by atoms with van der Waals surface area (Å²) in [5.41, 5.74) is 2.44. The van der Waals surface area contributed by atoms with Gasteiger partial charge >= 0.3 is 0 Å². The van der Waals surface area contributed by atoms with Crippen LogP contribution < -0.4 is 10.6 Å². The fourth-order valence-corrected chi connectivity index (χ4v) is 2.28. The quantitative estimate of drug-likeness (QED) is 0.728. The Morgan fingerprint density at radius 1 is 1.08 bits per heavy atom. The first kappa shape index (κ1) is 15.7. The van der Waals surface area contributed by atoms with Crippen LogP contribution in [0.25, 0.3) is 0 Å². The van der Waals surface area contributed by atoms with Crippen molar-refractivity contribution >= 4 is 17.4 Å². The summed E-state index contributed by atoms with van der Waals surface area (Å²) in [4.78, 5) is 12.0. The van der Waals surface area contributed by atoms with Crippen molar-refractivity contribution in [3.05, 3.63) is 71.8 Å². The molecular weight excluding hydrogens is 304 g/mol. The number of carbonyl (C=O) groups excluding carboxylic acids is 1. The number of aromatic nitrogens is 2. The average molecular weight is 322 g/mol. The summed E-state index contributed by atoms with van der Waals surface area (Å²) in [6.45, 7) is 2.41. The van der Waals surface area contributed by atoms with E-state index >= 15 is 0 Å². The molecule has 0 spiro atoms. The molecule has 6 heteroatoms. The largest absolute Gasteiger partial charge is 0.467 e. The van der Waals surface area contributed by atoms with Gasteiger partial charge in [-0.2, -0.15) is 0 Å². The lowest BCUT2D eigenvalue weighted by Gasteiger charge is -2.09. The minimum atomic E-state index is -0.292. The highest BCUT2D eigenvalue weighted by Gasteiger charge is 2.09. The van der Waals surface area contributed by atoms with Crippen LogP contribution in [0.3, 0.4) is 0 Å². The molecule has 0 aliphatic rings. The minimum Gasteiger partial charge on any atom is -0.467 e. The highest BCUT2D eigenvalue weighted by molar-refractivity contribution is 5.92. The first-order valence-corrected chi connectivity index (χ1v) is 7.75. The van der Waals surface area contributed by atoms with Gasteiger partial charge in [0.15, 0.2) is 11.5 Å². The number of rotatable bonds is 6. The third kappa shape index (κ3) is 3.78. The van der Waals surface area contributed by atoms with Crippen molar-refractivity contribution < 1.29 is 9.21 Å². The van der Waals surface area contributed by atoms with Crippen molar-refractivity contribution in [2.75, 3.05) is 5.32 Å². The van der Waals surface area contributed by atoms with Crippen LogP contribution in [0.2, 0.25) is 0 Å². The zero-order valence-corrected chi connectivity index (χ0v) is 13.3. The minimum absolute atomic E-state index is 0.260. The number of amides is 1. The number of nitrogens with one attached hydrogen (secondary N) is 2. The number of benzene rings is 1. The molecule has 0 saturated carbocycles. The van der Waals surface area contributed by atoms with E-state index in [-0.39, 0.29) is 11.6 Å². The van der Waals surface area contributed by atoms with Crippen molar-refractivity contribution in [2.24, 2.45) is 0 Å². The summed E-state index contributed by atoms with van der Waals surface area (Å²) in [5, 5.41) is 14.0. The van der Waals surface area contributed by atoms with Crippen LogP contribution in [0.4, 0.5) is 11.5 Å². The summed E-state index contributed by atoms with van der Waals surface area (Å²) in [5.74, 6) is 0.990. The smallest absolute Gasteiger partial charge is 0.272 e. The van der Waals surface area contributed by atoms with Crippen molar-refractivity contribution in [3.63, 3.8) is 0 Å². The Morgan fingerprint density at radius 2 is 1.96 bits per heavy atom. The van der Waals surface area contributed by atoms with E-state index in [0.29, 0.717) is 18.1 Å². The summed E-state index contributed by atoms with van der Waals surface area (Å²) in [6, 6.07) is 15.0. The predicted molar refractivity (Wildman–Crippen MR) is 91.0 cm³/mol. The molecule has 122 valence electrons. The van der Waals surface area contributed by atoms with Crippen LogP contribution in [0.1, 0.15) is 28.7 Å². The van der Waals surface area contributed by atoms with Gasteiger partial charge in [0.05, 0.1) is 12.8 Å². The van der Waals surface area contributed by atoms with Crippen molar-refractivity contribution in [1.29, 1.82) is 0 Å². The summed E-state index contributed by atoms with van der Waals surface area (Å²) < 4.78 is 5.17. The fourth-order valence-electron chi connectivity index (χ4n) is 2.28. The van der Waals surface area contributed by atoms with Gasteiger partial charge in [0.25, 0.3) is 5.91 Å². The molecule has 3 rings (SSSR count). The highest BCUT2D eigenvalue weighted by atomic mass is 16.3. The molecule has 1 aromatic carbocycles. The number of carbonyl (C=O) groups is 1. The Balaban J connectivity index is 1.63. The molecule has 0 aliphatic carbocycles. The van der Waals surface area contributed by atoms with E-state index in [1.54, 1.807) is 30.5 Å². The SMILES string of the molecule is CCc1ccccc1Nc1ccc(C(=O)NCc2ccco2)nn1. The van der Waals surface area contributed by atoms with Crippen LogP contribution in [0.15, 0.2) is 59.2 Å². The molecule has 0 atom stereocenters. The Morgan fingerprint density at radius 3 is 2.67 bits per heavy atom. The van der Waals surface area contributed by atoms with Gasteiger partial charge in [-0.1, -0.05) is 25.1 Å². The number of aryl methyl sites for hydroxylation is 1. The van der Waals surface area contributed by atoms with Gasteiger partial charge in [-0.25, -0.2) is 0 Å². The molecule has 2 N–H and O–H groups in total. The second-order valence-corrected chi connectivity index (χ2v) is 5.20. The molecule has 0 bridgehead atoms. The lowest BCUT2D eigenvalue weighted by molar-refractivity contribution is 0.0942. The zero-order chi connectivity index (χ0) is 16.8. The number of nitrogens with zero attached hydrogens (tertiary/aromatic N) is 2. The molecule has 1 amide bonds. The number of hydrogen-bond acceptors (Lipinski definition) is 5. The summed E-state index contributed by atoms with van der Waals surface area (Å²) in [7, 11) is 0. The van der Waals surface area contributed by atoms with Gasteiger partial charge in [-0.15, -0.1) is 10.2 Å². The van der Waals surface area contributed by atoms with Crippen molar-refractivity contribution in [1.82, 2.24) is 15.5 Å². The van der Waals surface area contributed by atoms with Crippen molar-refractivity contribution in [3.8, 4) is 0 Å². The van der Waals surface area contributed by atoms with Crippen LogP contribution in [-0.4, -0.2) is 16.1 Å². The third-order valence-electron chi connectivity index (χ3n) is 3.56. The van der Waals surface area contributed by atoms with E-state index in [4.69, 9.17) is 4.42 Å². The molecule has 2 aromatic heterocycles. The predicted octanol–water partition coefficient (Wildman–Crippen LogP) is 3.31. The lowest BCUT2D eigenvalue weighted by Crippen LogP contribution is -2.23. The van der Waals surface area contributed by atoms with Crippen LogP contribution in [0, 0.1) is 0 Å². The fraction of sp³-hybridized carbons (Fsp3) is 0.167. The molecule has 0 fully saturated rings. The number of hydrogen-bond donors (Lipinski definition) is 2. The Bertz CT molecular complexity index is 798. The Labute approximate surface area is 139 Å². The van der Waals surface area contributed by atoms with Crippen LogP contribution in [-0.2, 0) is 13.0 Å². The molecule has 0 unspecified atom stereocenters. The van der Waals surface area contributed by atoms with E-state index in [2.05, 4.69) is 33.8 Å². The van der Waals surface area contributed by atoms with Crippen molar-refractivity contribution in [2.45, 2.75) is 19.9 Å². The maximum Gasteiger partial charge on any atom is 0.272 e. The van der Waals surface area contributed by atoms with Gasteiger partial charge in [-0.05, 0) is 42.3 Å². The molecule has 0 aliphatic heterocycles. The lowest BCUT2D eigenvalue weighted by atomic mass is 10.1. The maximum atomic E-state index is 12.0. The number of furan rings is 1. The monoisotopic (exact) mass is 322 g/mol. The second kappa shape index (κ2) is 7.41. The zero-order valence-electron chi connectivity index (χ0n) is 13.3. The average Bonchev–Trinajstić information content (AvgIpc) is 3.14. The van der Waals surface area contributed by atoms with Gasteiger partial charge in [0.2, 0.25) is 0 Å². The van der Waals surface area contributed by atoms with E-state index in [1.165, 1.54) is 5.56 Å². The molecule has 0 saturated heterocycles. The standard InChI is InChI=1S/C18H18N4O2/c1-2-13-6-3-4-8-15(13)20-17-10-9-16(21-22-17)18(23)19-12-14-7-5-11-24-14/h3-11H,2,12H2,1H3,(H,19,23)(H,20,22). The van der Waals surface area contributed by atoms with Crippen LogP contribution >= 0.6 is 0 Å². The normalized spacial score (nSPS) is 10.4. The summed E-state index contributed by atoms with van der Waals surface area (Å²) >= 11 is 0. The number of para-hydroxylation sites is 1. The first-order valence-electron chi connectivity index (χ1n) is 7.75. The Kier molecular flexibility index (Phi) is 4.86. The maximum absolute atomic E-state index is 12.0. The second-order valence-electron chi connectivity index (χ2n) is 5.20. The molecule has 2 heterocycles. The summed E-state index contributed by atoms with van der Waals surface area (Å²) in [6.07, 6.45) is 2.49. The van der Waals surface area contributed by atoms with Gasteiger partial charge in [0, 0.05) is 5.69 Å². The molecular formula is C18H18N4O2. The van der Waals surface area contributed by atoms with E-state index < -0.39 is 0 Å². The van der Waals surface area contributed by atoms with Crippen LogP contribution in [0.5, 0.6) is 0 Å². The molecule has 24 heavy (non-hydrogen) atoms. The topological polar surface area (TPSA) is 80.0 Å². The van der Waals surface area contributed by atoms with Gasteiger partial charge < -0.3 is 15.1 Å². The van der Waals surface area contributed by atoms with Gasteiger partial charge in [-0.3, -0.25) is 4.79 Å². The van der Waals surface area contributed by atoms with E-state index in [1.807, 2.05) is 18.2 Å². The Hall–Kier alpha value is -3.15. The first-order chi connectivity index (χ1) is 11.8. The molecule has 3 aromatic rings. The highest BCUT2D eigenvalue weighted by Crippen LogP contribution is 2.19. The van der Waals surface area contributed by atoms with E-state index in [9.17, 15) is 4.79 Å².